The summed E-state index contributed by atoms with van der Waals surface area (Å²) in [4.78, 5) is 0. The minimum absolute atomic E-state index is 0.699. The summed E-state index contributed by atoms with van der Waals surface area (Å²) in [6.45, 7) is 4.81. The predicted octanol–water partition coefficient (Wildman–Crippen LogP) is 5.77. The largest absolute Gasteiger partial charge is 0.493 e. The highest BCUT2D eigenvalue weighted by Gasteiger charge is 2.07. The molecule has 2 aromatic carbocycles. The van der Waals surface area contributed by atoms with E-state index in [0.29, 0.717) is 6.61 Å². The lowest BCUT2D eigenvalue weighted by Gasteiger charge is -2.09. The van der Waals surface area contributed by atoms with Crippen molar-refractivity contribution < 1.29 is 4.74 Å². The van der Waals surface area contributed by atoms with Crippen LogP contribution in [0.2, 0.25) is 0 Å². The number of ether oxygens (including phenoxy) is 1. The van der Waals surface area contributed by atoms with Gasteiger partial charge in [-0.2, -0.15) is 0 Å². The molecule has 0 radical (unpaired) electrons. The maximum absolute atomic E-state index is 5.61. The molecular weight excluding hydrogens is 474 g/mol. The lowest BCUT2D eigenvalue weighted by atomic mass is 10.1. The van der Waals surface area contributed by atoms with Crippen LogP contribution in [0, 0.1) is 14.1 Å². The number of aryl methyl sites for hydroxylation is 1. The number of benzene rings is 2. The van der Waals surface area contributed by atoms with Gasteiger partial charge in [-0.25, -0.2) is 0 Å². The Bertz CT molecular complexity index is 616. The molecule has 0 aliphatic rings. The molecular formula is C17H16I2O. The van der Waals surface area contributed by atoms with E-state index in [1.165, 1.54) is 23.8 Å². The average Bonchev–Trinajstić information content (AvgIpc) is 2.45. The summed E-state index contributed by atoms with van der Waals surface area (Å²) < 4.78 is 8.02. The second-order valence-electron chi connectivity index (χ2n) is 4.46. The van der Waals surface area contributed by atoms with Crippen molar-refractivity contribution in [2.45, 2.75) is 13.8 Å². The van der Waals surface area contributed by atoms with Gasteiger partial charge in [0.15, 0.2) is 0 Å². The maximum atomic E-state index is 5.61. The van der Waals surface area contributed by atoms with Crippen molar-refractivity contribution in [1.82, 2.24) is 0 Å². The molecule has 0 aromatic heterocycles. The highest BCUT2D eigenvalue weighted by atomic mass is 127. The van der Waals surface area contributed by atoms with E-state index in [0.717, 1.165) is 5.75 Å². The minimum Gasteiger partial charge on any atom is -0.493 e. The Balaban J connectivity index is 2.25. The van der Waals surface area contributed by atoms with E-state index < -0.39 is 0 Å². The monoisotopic (exact) mass is 490 g/mol. The third-order valence-electron chi connectivity index (χ3n) is 2.91. The molecule has 0 atom stereocenters. The van der Waals surface area contributed by atoms with Gasteiger partial charge in [0, 0.05) is 3.57 Å². The van der Waals surface area contributed by atoms with E-state index in [-0.39, 0.29) is 0 Å². The summed E-state index contributed by atoms with van der Waals surface area (Å²) in [5, 5.41) is 0. The van der Waals surface area contributed by atoms with Crippen LogP contribution in [-0.4, -0.2) is 6.61 Å². The van der Waals surface area contributed by atoms with Crippen molar-refractivity contribution in [3.05, 3.63) is 60.2 Å². The smallest absolute Gasteiger partial charge is 0.133 e. The van der Waals surface area contributed by atoms with Crippen molar-refractivity contribution in [3.63, 3.8) is 0 Å². The Morgan fingerprint density at radius 2 is 1.65 bits per heavy atom. The lowest BCUT2D eigenvalue weighted by Crippen LogP contribution is -1.96. The van der Waals surface area contributed by atoms with Gasteiger partial charge in [0.2, 0.25) is 0 Å². The first-order chi connectivity index (χ1) is 9.61. The summed E-state index contributed by atoms with van der Waals surface area (Å²) in [6, 6.07) is 12.7. The fraction of sp³-hybridized carbons (Fsp3) is 0.176. The predicted molar refractivity (Wildman–Crippen MR) is 103 cm³/mol. The first kappa shape index (κ1) is 15.8. The van der Waals surface area contributed by atoms with Crippen molar-refractivity contribution in [1.29, 1.82) is 0 Å². The zero-order valence-electron chi connectivity index (χ0n) is 11.5. The molecule has 0 saturated carbocycles. The first-order valence-electron chi connectivity index (χ1n) is 6.47. The molecule has 0 amide bonds. The molecule has 2 aromatic rings. The maximum Gasteiger partial charge on any atom is 0.133 e. The van der Waals surface area contributed by atoms with Gasteiger partial charge in [-0.15, -0.1) is 0 Å². The molecule has 2 rings (SSSR count). The summed E-state index contributed by atoms with van der Waals surface area (Å²) in [6.07, 6.45) is 4.30. The second-order valence-corrected chi connectivity index (χ2v) is 6.62. The summed E-state index contributed by atoms with van der Waals surface area (Å²) in [5.74, 6) is 0.963. The van der Waals surface area contributed by atoms with E-state index in [2.05, 4.69) is 94.6 Å². The highest BCUT2D eigenvalue weighted by Crippen LogP contribution is 2.29. The normalized spacial score (nSPS) is 11.0. The minimum atomic E-state index is 0.699. The number of hydrogen-bond donors (Lipinski definition) is 0. The van der Waals surface area contributed by atoms with E-state index in [9.17, 15) is 0 Å². The van der Waals surface area contributed by atoms with Crippen molar-refractivity contribution in [2.75, 3.05) is 6.61 Å². The van der Waals surface area contributed by atoms with Gasteiger partial charge >= 0.3 is 0 Å². The Kier molecular flexibility index (Phi) is 5.89. The van der Waals surface area contributed by atoms with Crippen LogP contribution in [0.5, 0.6) is 5.75 Å². The third-order valence-corrected chi connectivity index (χ3v) is 6.17. The molecule has 3 heteroatoms. The molecule has 0 spiro atoms. The SMILES string of the molecule is CCOc1ccc(C=Cc2ccc(C)cc2)c(I)c1I. The van der Waals surface area contributed by atoms with Gasteiger partial charge in [-0.1, -0.05) is 48.0 Å². The van der Waals surface area contributed by atoms with Crippen LogP contribution in [0.3, 0.4) is 0 Å². The van der Waals surface area contributed by atoms with Gasteiger partial charge in [0.1, 0.15) is 5.75 Å². The van der Waals surface area contributed by atoms with Crippen molar-refractivity contribution in [3.8, 4) is 5.75 Å². The van der Waals surface area contributed by atoms with E-state index >= 15 is 0 Å². The Labute approximate surface area is 147 Å². The number of halogens is 2. The first-order valence-corrected chi connectivity index (χ1v) is 8.63. The molecule has 1 nitrogen and oxygen atoms in total. The Morgan fingerprint density at radius 1 is 0.950 bits per heavy atom. The molecule has 0 aliphatic heterocycles. The quantitative estimate of drug-likeness (QED) is 0.391. The summed E-state index contributed by atoms with van der Waals surface area (Å²) >= 11 is 4.73. The molecule has 20 heavy (non-hydrogen) atoms. The Morgan fingerprint density at radius 3 is 2.30 bits per heavy atom. The fourth-order valence-corrected chi connectivity index (χ4v) is 3.08. The van der Waals surface area contributed by atoms with Crippen LogP contribution in [0.1, 0.15) is 23.6 Å². The topological polar surface area (TPSA) is 9.23 Å². The molecule has 0 saturated heterocycles. The molecule has 0 bridgehead atoms. The van der Waals surface area contributed by atoms with Crippen LogP contribution < -0.4 is 4.74 Å². The molecule has 0 N–H and O–H groups in total. The zero-order valence-corrected chi connectivity index (χ0v) is 15.8. The second kappa shape index (κ2) is 7.45. The molecule has 0 unspecified atom stereocenters. The average molecular weight is 490 g/mol. The summed E-state index contributed by atoms with van der Waals surface area (Å²) in [7, 11) is 0. The van der Waals surface area contributed by atoms with Gasteiger partial charge in [0.05, 0.1) is 10.2 Å². The summed E-state index contributed by atoms with van der Waals surface area (Å²) in [5.41, 5.74) is 3.72. The van der Waals surface area contributed by atoms with Crippen LogP contribution in [0.15, 0.2) is 36.4 Å². The number of hydrogen-bond acceptors (Lipinski definition) is 1. The van der Waals surface area contributed by atoms with Crippen molar-refractivity contribution in [2.24, 2.45) is 0 Å². The number of rotatable bonds is 4. The van der Waals surface area contributed by atoms with Crippen LogP contribution >= 0.6 is 45.2 Å². The fourth-order valence-electron chi connectivity index (χ4n) is 1.81. The lowest BCUT2D eigenvalue weighted by molar-refractivity contribution is 0.337. The van der Waals surface area contributed by atoms with E-state index in [1.807, 2.05) is 13.0 Å². The molecule has 0 aliphatic carbocycles. The van der Waals surface area contributed by atoms with E-state index in [4.69, 9.17) is 4.74 Å². The van der Waals surface area contributed by atoms with Gasteiger partial charge in [-0.05, 0) is 76.2 Å². The van der Waals surface area contributed by atoms with Crippen LogP contribution in [-0.2, 0) is 0 Å². The van der Waals surface area contributed by atoms with E-state index in [1.54, 1.807) is 0 Å². The Hall–Kier alpha value is -0.560. The third kappa shape index (κ3) is 3.97. The molecule has 0 heterocycles. The zero-order chi connectivity index (χ0) is 14.5. The highest BCUT2D eigenvalue weighted by molar-refractivity contribution is 14.1. The molecule has 0 fully saturated rings. The van der Waals surface area contributed by atoms with Crippen LogP contribution in [0.25, 0.3) is 12.2 Å². The van der Waals surface area contributed by atoms with Crippen molar-refractivity contribution >= 4 is 57.3 Å². The van der Waals surface area contributed by atoms with Gasteiger partial charge in [-0.3, -0.25) is 0 Å². The van der Waals surface area contributed by atoms with Gasteiger partial charge < -0.3 is 4.74 Å². The standard InChI is InChI=1S/C17H16I2O/c1-3-20-15-11-10-14(16(18)17(15)19)9-8-13-6-4-12(2)5-7-13/h4-11H,3H2,1-2H3. The molecule has 104 valence electrons. The van der Waals surface area contributed by atoms with Gasteiger partial charge in [0.25, 0.3) is 0 Å². The van der Waals surface area contributed by atoms with Crippen LogP contribution in [0.4, 0.5) is 0 Å².